The second-order valence-corrected chi connectivity index (χ2v) is 7.31. The minimum Gasteiger partial charge on any atom is -0.465 e. The highest BCUT2D eigenvalue weighted by molar-refractivity contribution is 7.93. The van der Waals surface area contributed by atoms with E-state index in [1.807, 2.05) is 0 Å². The van der Waals surface area contributed by atoms with Gasteiger partial charge in [-0.3, -0.25) is 9.59 Å². The normalized spacial score (nSPS) is 16.4. The Balaban J connectivity index is 3.08. The molecular weight excluding hydrogens is 316 g/mol. The zero-order valence-electron chi connectivity index (χ0n) is 12.0. The number of alkyl halides is 1. The number of hydrogen-bond acceptors (Lipinski definition) is 5. The van der Waals surface area contributed by atoms with Crippen LogP contribution in [0.1, 0.15) is 13.8 Å². The maximum Gasteiger partial charge on any atom is 0.302 e. The van der Waals surface area contributed by atoms with Gasteiger partial charge in [0.2, 0.25) is 0 Å². The summed E-state index contributed by atoms with van der Waals surface area (Å²) in [7, 11) is -2.98. The molecule has 2 atom stereocenters. The van der Waals surface area contributed by atoms with Gasteiger partial charge in [0.15, 0.2) is 0 Å². The molecule has 0 saturated heterocycles. The summed E-state index contributed by atoms with van der Waals surface area (Å²) in [5.74, 6) is -1.32. The lowest BCUT2D eigenvalue weighted by molar-refractivity contribution is -0.146. The van der Waals surface area contributed by atoms with Crippen LogP contribution in [0.5, 0.6) is 0 Å². The van der Waals surface area contributed by atoms with Crippen LogP contribution >= 0.6 is 11.6 Å². The smallest absolute Gasteiger partial charge is 0.302 e. The van der Waals surface area contributed by atoms with Crippen LogP contribution in [0.3, 0.4) is 0 Å². The van der Waals surface area contributed by atoms with Gasteiger partial charge in [0.05, 0.1) is 15.1 Å². The van der Waals surface area contributed by atoms with Crippen molar-refractivity contribution >= 4 is 33.2 Å². The molecule has 116 valence electrons. The van der Waals surface area contributed by atoms with Crippen LogP contribution in [0, 0.1) is 5.41 Å². The van der Waals surface area contributed by atoms with Crippen LogP contribution in [-0.4, -0.2) is 39.8 Å². The van der Waals surface area contributed by atoms with Crippen LogP contribution in [0.4, 0.5) is 0 Å². The first kappa shape index (κ1) is 17.6. The maximum absolute atomic E-state index is 12.5. The number of amides is 1. The highest BCUT2D eigenvalue weighted by Gasteiger charge is 2.35. The van der Waals surface area contributed by atoms with E-state index in [1.54, 1.807) is 12.1 Å². The van der Waals surface area contributed by atoms with Gasteiger partial charge in [0.25, 0.3) is 5.91 Å². The first-order chi connectivity index (χ1) is 9.71. The fraction of sp³-hybridized carbons (Fsp3) is 0.462. The fourth-order valence-corrected chi connectivity index (χ4v) is 2.71. The van der Waals surface area contributed by atoms with E-state index in [-0.39, 0.29) is 17.5 Å². The molecule has 1 aromatic rings. The largest absolute Gasteiger partial charge is 0.465 e. The summed E-state index contributed by atoms with van der Waals surface area (Å²) >= 11 is 5.78. The zero-order chi connectivity index (χ0) is 16.1. The molecule has 0 aromatic carbocycles. The Kier molecular flexibility index (Phi) is 5.86. The van der Waals surface area contributed by atoms with E-state index in [2.05, 4.69) is 9.35 Å². The Morgan fingerprint density at radius 1 is 1.48 bits per heavy atom. The number of carbonyl (C=O) groups is 2. The van der Waals surface area contributed by atoms with Crippen LogP contribution in [0.2, 0.25) is 0 Å². The summed E-state index contributed by atoms with van der Waals surface area (Å²) in [5, 5.41) is 0.211. The molecular formula is C13H17ClN2O4S. The van der Waals surface area contributed by atoms with Crippen molar-refractivity contribution in [1.82, 2.24) is 4.98 Å². The summed E-state index contributed by atoms with van der Waals surface area (Å²) in [6.45, 7) is 2.52. The lowest BCUT2D eigenvalue weighted by Gasteiger charge is -2.22. The summed E-state index contributed by atoms with van der Waals surface area (Å²) in [4.78, 5) is 27.1. The molecule has 0 spiro atoms. The molecule has 0 bridgehead atoms. The molecule has 1 aromatic heterocycles. The van der Waals surface area contributed by atoms with Crippen molar-refractivity contribution in [2.24, 2.45) is 9.78 Å². The van der Waals surface area contributed by atoms with Gasteiger partial charge in [-0.15, -0.1) is 11.6 Å². The first-order valence-electron chi connectivity index (χ1n) is 6.08. The number of aromatic nitrogens is 1. The molecule has 21 heavy (non-hydrogen) atoms. The Bertz CT molecular complexity index is 641. The number of halogens is 1. The zero-order valence-corrected chi connectivity index (χ0v) is 13.6. The Morgan fingerprint density at radius 3 is 2.62 bits per heavy atom. The highest BCUT2D eigenvalue weighted by atomic mass is 35.5. The first-order valence-corrected chi connectivity index (χ1v) is 8.54. The number of nitrogens with zero attached hydrogens (tertiary/aromatic N) is 2. The molecule has 8 heteroatoms. The summed E-state index contributed by atoms with van der Waals surface area (Å²) in [5.41, 5.74) is -1.22. The third-order valence-corrected chi connectivity index (χ3v) is 4.81. The van der Waals surface area contributed by atoms with E-state index in [0.717, 1.165) is 0 Å². The molecule has 6 nitrogen and oxygen atoms in total. The molecule has 1 rings (SSSR count). The predicted octanol–water partition coefficient (Wildman–Crippen LogP) is 1.87. The van der Waals surface area contributed by atoms with E-state index < -0.39 is 27.0 Å². The van der Waals surface area contributed by atoms with Crippen LogP contribution < -0.4 is 0 Å². The Morgan fingerprint density at radius 2 is 2.14 bits per heavy atom. The molecule has 0 N–H and O–H groups in total. The minimum absolute atomic E-state index is 0.111. The number of pyridine rings is 1. The summed E-state index contributed by atoms with van der Waals surface area (Å²) in [6, 6.07) is 4.86. The topological polar surface area (TPSA) is 85.7 Å². The molecule has 1 heterocycles. The van der Waals surface area contributed by atoms with Gasteiger partial charge in [-0.05, 0) is 19.1 Å². The number of esters is 1. The maximum atomic E-state index is 12.5. The quantitative estimate of drug-likeness (QED) is 0.607. The second-order valence-electron chi connectivity index (χ2n) is 4.84. The lowest BCUT2D eigenvalue weighted by Crippen LogP contribution is -2.35. The second kappa shape index (κ2) is 7.00. The Labute approximate surface area is 129 Å². The van der Waals surface area contributed by atoms with Crippen molar-refractivity contribution < 1.29 is 18.5 Å². The molecule has 0 saturated carbocycles. The van der Waals surface area contributed by atoms with E-state index in [1.165, 1.54) is 32.4 Å². The lowest BCUT2D eigenvalue weighted by atomic mass is 9.94. The van der Waals surface area contributed by atoms with Gasteiger partial charge in [-0.1, -0.05) is 6.07 Å². The van der Waals surface area contributed by atoms with Crippen molar-refractivity contribution in [2.45, 2.75) is 18.9 Å². The molecule has 0 radical (unpaired) electrons. The monoisotopic (exact) mass is 332 g/mol. The number of ether oxygens (including phenoxy) is 1. The van der Waals surface area contributed by atoms with E-state index >= 15 is 0 Å². The van der Waals surface area contributed by atoms with Crippen molar-refractivity contribution in [1.29, 1.82) is 0 Å². The standard InChI is InChI=1S/C13H17ClN2O4S/c1-10(17)20-9-13(2,8-14)12(18)16-21(3,19)11-6-4-5-7-15-11/h4-7H,8-9H2,1-3H3. The minimum atomic E-state index is -2.98. The Hall–Kier alpha value is -1.47. The number of rotatable bonds is 5. The van der Waals surface area contributed by atoms with Crippen LogP contribution in [0.25, 0.3) is 0 Å². The van der Waals surface area contributed by atoms with Crippen molar-refractivity contribution in [3.8, 4) is 0 Å². The molecule has 0 fully saturated rings. The summed E-state index contributed by atoms with van der Waals surface area (Å²) < 4.78 is 21.1. The average molecular weight is 333 g/mol. The molecule has 0 aliphatic carbocycles. The van der Waals surface area contributed by atoms with E-state index in [0.29, 0.717) is 0 Å². The third-order valence-electron chi connectivity index (χ3n) is 2.69. The number of hydrogen-bond donors (Lipinski definition) is 0. The van der Waals surface area contributed by atoms with Crippen molar-refractivity contribution in [3.63, 3.8) is 0 Å². The van der Waals surface area contributed by atoms with Crippen LogP contribution in [-0.2, 0) is 24.1 Å². The van der Waals surface area contributed by atoms with Gasteiger partial charge in [-0.2, -0.15) is 4.36 Å². The SMILES string of the molecule is CC(=O)OCC(C)(CCl)C(=O)N=S(C)(=O)c1ccccn1. The highest BCUT2D eigenvalue weighted by Crippen LogP contribution is 2.23. The third kappa shape index (κ3) is 4.78. The van der Waals surface area contributed by atoms with E-state index in [4.69, 9.17) is 16.3 Å². The summed E-state index contributed by atoms with van der Waals surface area (Å²) in [6.07, 6.45) is 2.80. The number of carbonyl (C=O) groups excluding carboxylic acids is 2. The van der Waals surface area contributed by atoms with Crippen molar-refractivity contribution in [2.75, 3.05) is 18.7 Å². The molecule has 2 unspecified atom stereocenters. The van der Waals surface area contributed by atoms with E-state index in [9.17, 15) is 13.8 Å². The van der Waals surface area contributed by atoms with Gasteiger partial charge in [0, 0.05) is 25.3 Å². The van der Waals surface area contributed by atoms with Gasteiger partial charge < -0.3 is 4.74 Å². The van der Waals surface area contributed by atoms with Crippen LogP contribution in [0.15, 0.2) is 33.8 Å². The van der Waals surface area contributed by atoms with Gasteiger partial charge >= 0.3 is 5.97 Å². The van der Waals surface area contributed by atoms with Gasteiger partial charge in [0.1, 0.15) is 11.6 Å². The van der Waals surface area contributed by atoms with Gasteiger partial charge in [-0.25, -0.2) is 9.19 Å². The average Bonchev–Trinajstić information content (AvgIpc) is 2.45. The molecule has 0 aliphatic rings. The fourth-order valence-electron chi connectivity index (χ4n) is 1.30. The molecule has 0 aliphatic heterocycles. The molecule has 1 amide bonds. The van der Waals surface area contributed by atoms with Crippen molar-refractivity contribution in [3.05, 3.63) is 24.4 Å². The predicted molar refractivity (Wildman–Crippen MR) is 79.5 cm³/mol.